The molecule has 1 aromatic rings. The Morgan fingerprint density at radius 2 is 1.64 bits per heavy atom. The van der Waals surface area contributed by atoms with Gasteiger partial charge in [-0.2, -0.15) is 0 Å². The quantitative estimate of drug-likeness (QED) is 0.490. The SMILES string of the molecule is COc1ccc(CCNC(=O)C(=O)NCCCOC(C)C)cc1OC. The maximum absolute atomic E-state index is 11.7. The lowest BCUT2D eigenvalue weighted by atomic mass is 10.1. The van der Waals surface area contributed by atoms with Crippen LogP contribution in [0.1, 0.15) is 25.8 Å². The lowest BCUT2D eigenvalue weighted by molar-refractivity contribution is -0.139. The fraction of sp³-hybridized carbons (Fsp3) is 0.556. The van der Waals surface area contributed by atoms with E-state index >= 15 is 0 Å². The Labute approximate surface area is 149 Å². The molecule has 0 unspecified atom stereocenters. The molecule has 2 N–H and O–H groups in total. The van der Waals surface area contributed by atoms with E-state index in [0.717, 1.165) is 5.56 Å². The summed E-state index contributed by atoms with van der Waals surface area (Å²) >= 11 is 0. The average molecular weight is 352 g/mol. The Bertz CT molecular complexity index is 560. The number of methoxy groups -OCH3 is 2. The molecular formula is C18H28N2O5. The van der Waals surface area contributed by atoms with E-state index in [1.165, 1.54) is 0 Å². The van der Waals surface area contributed by atoms with Gasteiger partial charge in [-0.05, 0) is 44.4 Å². The zero-order valence-corrected chi connectivity index (χ0v) is 15.4. The van der Waals surface area contributed by atoms with Crippen LogP contribution < -0.4 is 20.1 Å². The third kappa shape index (κ3) is 7.89. The monoisotopic (exact) mass is 352 g/mol. The molecule has 0 saturated carbocycles. The van der Waals surface area contributed by atoms with Crippen LogP contribution in [-0.4, -0.2) is 51.8 Å². The second-order valence-electron chi connectivity index (χ2n) is 5.72. The molecule has 0 fully saturated rings. The van der Waals surface area contributed by atoms with Gasteiger partial charge >= 0.3 is 11.8 Å². The third-order valence-electron chi connectivity index (χ3n) is 3.41. The van der Waals surface area contributed by atoms with Crippen molar-refractivity contribution in [1.29, 1.82) is 0 Å². The summed E-state index contributed by atoms with van der Waals surface area (Å²) in [4.78, 5) is 23.4. The van der Waals surface area contributed by atoms with Crippen LogP contribution in [0.3, 0.4) is 0 Å². The fourth-order valence-electron chi connectivity index (χ4n) is 2.11. The smallest absolute Gasteiger partial charge is 0.309 e. The summed E-state index contributed by atoms with van der Waals surface area (Å²) in [7, 11) is 3.14. The van der Waals surface area contributed by atoms with Gasteiger partial charge in [0.2, 0.25) is 0 Å². The second kappa shape index (κ2) is 11.3. The highest BCUT2D eigenvalue weighted by Gasteiger charge is 2.12. The number of amides is 2. The predicted molar refractivity (Wildman–Crippen MR) is 95.0 cm³/mol. The van der Waals surface area contributed by atoms with Crippen LogP contribution >= 0.6 is 0 Å². The van der Waals surface area contributed by atoms with Crippen molar-refractivity contribution in [3.8, 4) is 11.5 Å². The van der Waals surface area contributed by atoms with Gasteiger partial charge in [-0.1, -0.05) is 6.07 Å². The summed E-state index contributed by atoms with van der Waals surface area (Å²) in [5.41, 5.74) is 0.976. The lowest BCUT2D eigenvalue weighted by Crippen LogP contribution is -2.41. The Morgan fingerprint density at radius 3 is 2.24 bits per heavy atom. The van der Waals surface area contributed by atoms with Gasteiger partial charge in [0.15, 0.2) is 11.5 Å². The lowest BCUT2D eigenvalue weighted by Gasteiger charge is -2.10. The summed E-state index contributed by atoms with van der Waals surface area (Å²) < 4.78 is 15.8. The zero-order valence-electron chi connectivity index (χ0n) is 15.4. The molecule has 1 rings (SSSR count). The highest BCUT2D eigenvalue weighted by Crippen LogP contribution is 2.27. The zero-order chi connectivity index (χ0) is 18.7. The molecule has 0 aliphatic heterocycles. The first kappa shape index (κ1) is 20.8. The Morgan fingerprint density at radius 1 is 1.00 bits per heavy atom. The van der Waals surface area contributed by atoms with Crippen molar-refractivity contribution in [2.75, 3.05) is 33.9 Å². The summed E-state index contributed by atoms with van der Waals surface area (Å²) in [5, 5.41) is 5.17. The first-order valence-electron chi connectivity index (χ1n) is 8.36. The molecule has 1 aromatic carbocycles. The molecule has 0 aliphatic carbocycles. The number of hydrogen-bond acceptors (Lipinski definition) is 5. The third-order valence-corrected chi connectivity index (χ3v) is 3.41. The van der Waals surface area contributed by atoms with Crippen LogP contribution in [0.15, 0.2) is 18.2 Å². The molecule has 7 heteroatoms. The summed E-state index contributed by atoms with van der Waals surface area (Å²) in [6.07, 6.45) is 1.42. The van der Waals surface area contributed by atoms with Crippen molar-refractivity contribution >= 4 is 11.8 Å². The van der Waals surface area contributed by atoms with Crippen LogP contribution in [-0.2, 0) is 20.7 Å². The topological polar surface area (TPSA) is 85.9 Å². The maximum Gasteiger partial charge on any atom is 0.309 e. The molecule has 140 valence electrons. The molecule has 0 aromatic heterocycles. The molecule has 0 bridgehead atoms. The highest BCUT2D eigenvalue weighted by molar-refractivity contribution is 6.35. The van der Waals surface area contributed by atoms with Crippen molar-refractivity contribution in [2.45, 2.75) is 32.8 Å². The molecular weight excluding hydrogens is 324 g/mol. The minimum absolute atomic E-state index is 0.163. The van der Waals surface area contributed by atoms with E-state index in [1.54, 1.807) is 14.2 Å². The Balaban J connectivity index is 2.28. The first-order chi connectivity index (χ1) is 12.0. The van der Waals surface area contributed by atoms with Crippen LogP contribution in [0.4, 0.5) is 0 Å². The van der Waals surface area contributed by atoms with E-state index in [4.69, 9.17) is 14.2 Å². The molecule has 0 saturated heterocycles. The average Bonchev–Trinajstić information content (AvgIpc) is 2.60. The van der Waals surface area contributed by atoms with Crippen LogP contribution in [0, 0.1) is 0 Å². The van der Waals surface area contributed by atoms with E-state index in [9.17, 15) is 9.59 Å². The van der Waals surface area contributed by atoms with Crippen molar-refractivity contribution in [3.05, 3.63) is 23.8 Å². The maximum atomic E-state index is 11.7. The molecule has 2 amide bonds. The van der Waals surface area contributed by atoms with Crippen LogP contribution in [0.5, 0.6) is 11.5 Å². The predicted octanol–water partition coefficient (Wildman–Crippen LogP) is 1.29. The van der Waals surface area contributed by atoms with Crippen LogP contribution in [0.25, 0.3) is 0 Å². The van der Waals surface area contributed by atoms with Gasteiger partial charge in [-0.3, -0.25) is 9.59 Å². The molecule has 0 heterocycles. The minimum Gasteiger partial charge on any atom is -0.493 e. The molecule has 0 radical (unpaired) electrons. The number of ether oxygens (including phenoxy) is 3. The number of carbonyl (C=O) groups excluding carboxylic acids is 2. The van der Waals surface area contributed by atoms with E-state index < -0.39 is 11.8 Å². The summed E-state index contributed by atoms with van der Waals surface area (Å²) in [6.45, 7) is 5.22. The van der Waals surface area contributed by atoms with E-state index in [1.807, 2.05) is 32.0 Å². The van der Waals surface area contributed by atoms with Gasteiger partial charge in [-0.25, -0.2) is 0 Å². The number of rotatable bonds is 10. The number of nitrogens with one attached hydrogen (secondary N) is 2. The number of benzene rings is 1. The van der Waals surface area contributed by atoms with E-state index in [0.29, 0.717) is 44.0 Å². The minimum atomic E-state index is -0.634. The van der Waals surface area contributed by atoms with Crippen molar-refractivity contribution in [3.63, 3.8) is 0 Å². The van der Waals surface area contributed by atoms with Crippen molar-refractivity contribution in [2.24, 2.45) is 0 Å². The normalized spacial score (nSPS) is 10.4. The van der Waals surface area contributed by atoms with Crippen molar-refractivity contribution < 1.29 is 23.8 Å². The van der Waals surface area contributed by atoms with E-state index in [-0.39, 0.29) is 6.10 Å². The highest BCUT2D eigenvalue weighted by atomic mass is 16.5. The Kier molecular flexibility index (Phi) is 9.39. The number of hydrogen-bond donors (Lipinski definition) is 2. The van der Waals surface area contributed by atoms with Gasteiger partial charge in [0.05, 0.1) is 20.3 Å². The molecule has 0 aliphatic rings. The summed E-state index contributed by atoms with van der Waals surface area (Å²) in [6, 6.07) is 5.55. The Hall–Kier alpha value is -2.28. The van der Waals surface area contributed by atoms with Gasteiger partial charge in [0, 0.05) is 19.7 Å². The number of carbonyl (C=O) groups is 2. The molecule has 0 atom stereocenters. The van der Waals surface area contributed by atoms with Gasteiger partial charge < -0.3 is 24.8 Å². The second-order valence-corrected chi connectivity index (χ2v) is 5.72. The van der Waals surface area contributed by atoms with E-state index in [2.05, 4.69) is 10.6 Å². The molecule has 25 heavy (non-hydrogen) atoms. The first-order valence-corrected chi connectivity index (χ1v) is 8.36. The van der Waals surface area contributed by atoms with Gasteiger partial charge in [0.25, 0.3) is 0 Å². The van der Waals surface area contributed by atoms with Gasteiger partial charge in [0.1, 0.15) is 0 Å². The van der Waals surface area contributed by atoms with Crippen LogP contribution in [0.2, 0.25) is 0 Å². The standard InChI is InChI=1S/C18H28N2O5/c1-13(2)25-11-5-9-19-17(21)18(22)20-10-8-14-6-7-15(23-3)16(12-14)24-4/h6-7,12-13H,5,8-11H2,1-4H3,(H,19,21)(H,20,22). The summed E-state index contributed by atoms with van der Waals surface area (Å²) in [5.74, 6) is 0.0194. The molecule has 0 spiro atoms. The largest absolute Gasteiger partial charge is 0.493 e. The van der Waals surface area contributed by atoms with Gasteiger partial charge in [-0.15, -0.1) is 0 Å². The van der Waals surface area contributed by atoms with Crippen molar-refractivity contribution in [1.82, 2.24) is 10.6 Å². The fourth-order valence-corrected chi connectivity index (χ4v) is 2.11. The molecule has 7 nitrogen and oxygen atoms in total.